The van der Waals surface area contributed by atoms with Crippen LogP contribution in [0.3, 0.4) is 0 Å². The fourth-order valence-electron chi connectivity index (χ4n) is 2.15. The highest BCUT2D eigenvalue weighted by atomic mass is 16.6. The number of nitro benzene ring substituents is 1. The standard InChI is InChI=1S/C16H18N2O4/c1-21-14-7-12(8-15(9-14)22-2)10-17-11-13-5-3-4-6-16(13)18(19)20/h3-9,17H,10-11H2,1-2H3. The molecule has 2 aromatic rings. The fourth-order valence-corrected chi connectivity index (χ4v) is 2.15. The Kier molecular flexibility index (Phi) is 5.32. The second-order valence-electron chi connectivity index (χ2n) is 4.71. The van der Waals surface area contributed by atoms with Gasteiger partial charge in [0.15, 0.2) is 0 Å². The van der Waals surface area contributed by atoms with Gasteiger partial charge in [-0.15, -0.1) is 0 Å². The maximum absolute atomic E-state index is 11.0. The van der Waals surface area contributed by atoms with Crippen molar-refractivity contribution in [3.63, 3.8) is 0 Å². The van der Waals surface area contributed by atoms with Crippen molar-refractivity contribution in [1.82, 2.24) is 5.32 Å². The molecular formula is C16H18N2O4. The lowest BCUT2D eigenvalue weighted by Crippen LogP contribution is -2.14. The minimum absolute atomic E-state index is 0.123. The molecule has 0 aliphatic rings. The van der Waals surface area contributed by atoms with Crippen LogP contribution < -0.4 is 14.8 Å². The molecule has 0 bridgehead atoms. The summed E-state index contributed by atoms with van der Waals surface area (Å²) in [6.07, 6.45) is 0. The van der Waals surface area contributed by atoms with Gasteiger partial charge in [-0.05, 0) is 17.7 Å². The van der Waals surface area contributed by atoms with Crippen LogP contribution in [-0.4, -0.2) is 19.1 Å². The van der Waals surface area contributed by atoms with Crippen molar-refractivity contribution in [2.75, 3.05) is 14.2 Å². The molecule has 22 heavy (non-hydrogen) atoms. The van der Waals surface area contributed by atoms with Crippen molar-refractivity contribution in [2.45, 2.75) is 13.1 Å². The first-order valence-electron chi connectivity index (χ1n) is 6.79. The molecule has 2 aromatic carbocycles. The zero-order chi connectivity index (χ0) is 15.9. The summed E-state index contributed by atoms with van der Waals surface area (Å²) in [5.74, 6) is 1.42. The first-order valence-corrected chi connectivity index (χ1v) is 6.79. The van der Waals surface area contributed by atoms with Gasteiger partial charge in [-0.1, -0.05) is 18.2 Å². The van der Waals surface area contributed by atoms with Crippen LogP contribution in [0, 0.1) is 10.1 Å². The monoisotopic (exact) mass is 302 g/mol. The van der Waals surface area contributed by atoms with Crippen LogP contribution >= 0.6 is 0 Å². The molecule has 0 atom stereocenters. The number of para-hydroxylation sites is 1. The molecule has 0 amide bonds. The van der Waals surface area contributed by atoms with E-state index >= 15 is 0 Å². The number of rotatable bonds is 7. The van der Waals surface area contributed by atoms with Gasteiger partial charge in [0.25, 0.3) is 5.69 Å². The molecule has 0 aliphatic carbocycles. The van der Waals surface area contributed by atoms with Gasteiger partial charge in [0.1, 0.15) is 11.5 Å². The number of hydrogen-bond acceptors (Lipinski definition) is 5. The Labute approximate surface area is 128 Å². The molecule has 0 fully saturated rings. The van der Waals surface area contributed by atoms with Gasteiger partial charge in [-0.2, -0.15) is 0 Å². The van der Waals surface area contributed by atoms with E-state index in [0.717, 1.165) is 5.56 Å². The lowest BCUT2D eigenvalue weighted by Gasteiger charge is -2.10. The Bertz CT molecular complexity index is 636. The van der Waals surface area contributed by atoms with Crippen molar-refractivity contribution in [2.24, 2.45) is 0 Å². The third-order valence-electron chi connectivity index (χ3n) is 3.24. The van der Waals surface area contributed by atoms with E-state index in [1.807, 2.05) is 12.1 Å². The lowest BCUT2D eigenvalue weighted by molar-refractivity contribution is -0.385. The summed E-state index contributed by atoms with van der Waals surface area (Å²) in [7, 11) is 3.19. The zero-order valence-corrected chi connectivity index (χ0v) is 12.5. The largest absolute Gasteiger partial charge is 0.497 e. The number of nitrogens with one attached hydrogen (secondary N) is 1. The molecule has 1 N–H and O–H groups in total. The number of nitro groups is 1. The molecule has 0 unspecified atom stereocenters. The van der Waals surface area contributed by atoms with Crippen LogP contribution in [0.25, 0.3) is 0 Å². The quantitative estimate of drug-likeness (QED) is 0.629. The van der Waals surface area contributed by atoms with Crippen LogP contribution in [0.4, 0.5) is 5.69 Å². The SMILES string of the molecule is COc1cc(CNCc2ccccc2[N+](=O)[O-])cc(OC)c1. The van der Waals surface area contributed by atoms with Gasteiger partial charge in [-0.25, -0.2) is 0 Å². The van der Waals surface area contributed by atoms with Crippen molar-refractivity contribution in [1.29, 1.82) is 0 Å². The zero-order valence-electron chi connectivity index (χ0n) is 12.5. The first kappa shape index (κ1) is 15.8. The summed E-state index contributed by atoms with van der Waals surface area (Å²) < 4.78 is 10.4. The average Bonchev–Trinajstić information content (AvgIpc) is 2.54. The highest BCUT2D eigenvalue weighted by Crippen LogP contribution is 2.23. The van der Waals surface area contributed by atoms with Gasteiger partial charge in [0.2, 0.25) is 0 Å². The highest BCUT2D eigenvalue weighted by molar-refractivity contribution is 5.40. The van der Waals surface area contributed by atoms with Crippen LogP contribution in [0.1, 0.15) is 11.1 Å². The predicted octanol–water partition coefficient (Wildman–Crippen LogP) is 2.90. The van der Waals surface area contributed by atoms with E-state index in [2.05, 4.69) is 5.32 Å². The minimum atomic E-state index is -0.369. The van der Waals surface area contributed by atoms with Crippen LogP contribution in [-0.2, 0) is 13.1 Å². The van der Waals surface area contributed by atoms with E-state index in [9.17, 15) is 10.1 Å². The van der Waals surface area contributed by atoms with Gasteiger partial charge in [0, 0.05) is 30.8 Å². The van der Waals surface area contributed by atoms with E-state index in [0.29, 0.717) is 30.2 Å². The number of ether oxygens (including phenoxy) is 2. The molecule has 0 radical (unpaired) electrons. The summed E-state index contributed by atoms with van der Waals surface area (Å²) in [6, 6.07) is 12.3. The molecule has 0 spiro atoms. The van der Waals surface area contributed by atoms with E-state index in [1.165, 1.54) is 6.07 Å². The highest BCUT2D eigenvalue weighted by Gasteiger charge is 2.11. The number of nitrogens with zero attached hydrogens (tertiary/aromatic N) is 1. The molecular weight excluding hydrogens is 284 g/mol. The van der Waals surface area contributed by atoms with Crippen molar-refractivity contribution in [3.8, 4) is 11.5 Å². The van der Waals surface area contributed by atoms with E-state index in [4.69, 9.17) is 9.47 Å². The summed E-state index contributed by atoms with van der Waals surface area (Å²) in [5, 5.41) is 14.2. The van der Waals surface area contributed by atoms with Crippen molar-refractivity contribution >= 4 is 5.69 Å². The van der Waals surface area contributed by atoms with Crippen molar-refractivity contribution in [3.05, 3.63) is 63.7 Å². The lowest BCUT2D eigenvalue weighted by atomic mass is 10.1. The third-order valence-corrected chi connectivity index (χ3v) is 3.24. The van der Waals surface area contributed by atoms with E-state index in [1.54, 1.807) is 38.5 Å². The molecule has 2 rings (SSSR count). The first-order chi connectivity index (χ1) is 10.6. The van der Waals surface area contributed by atoms with Gasteiger partial charge in [0.05, 0.1) is 19.1 Å². The fraction of sp³-hybridized carbons (Fsp3) is 0.250. The smallest absolute Gasteiger partial charge is 0.273 e. The molecule has 6 heteroatoms. The molecule has 6 nitrogen and oxygen atoms in total. The molecule has 0 aromatic heterocycles. The Hall–Kier alpha value is -2.60. The predicted molar refractivity (Wildman–Crippen MR) is 83.2 cm³/mol. The molecule has 0 aliphatic heterocycles. The molecule has 0 saturated heterocycles. The second kappa shape index (κ2) is 7.42. The van der Waals surface area contributed by atoms with Crippen LogP contribution in [0.2, 0.25) is 0 Å². The molecule has 0 heterocycles. The Morgan fingerprint density at radius 1 is 1.05 bits per heavy atom. The van der Waals surface area contributed by atoms with Gasteiger partial charge in [-0.3, -0.25) is 10.1 Å². The molecule has 0 saturated carbocycles. The average molecular weight is 302 g/mol. The van der Waals surface area contributed by atoms with E-state index in [-0.39, 0.29) is 10.6 Å². The van der Waals surface area contributed by atoms with Crippen molar-refractivity contribution < 1.29 is 14.4 Å². The number of methoxy groups -OCH3 is 2. The maximum Gasteiger partial charge on any atom is 0.273 e. The topological polar surface area (TPSA) is 73.6 Å². The van der Waals surface area contributed by atoms with E-state index < -0.39 is 0 Å². The normalized spacial score (nSPS) is 10.3. The van der Waals surface area contributed by atoms with Gasteiger partial charge < -0.3 is 14.8 Å². The van der Waals surface area contributed by atoms with Gasteiger partial charge >= 0.3 is 0 Å². The third kappa shape index (κ3) is 3.95. The molecule has 116 valence electrons. The second-order valence-corrected chi connectivity index (χ2v) is 4.71. The number of hydrogen-bond donors (Lipinski definition) is 1. The maximum atomic E-state index is 11.0. The summed E-state index contributed by atoms with van der Waals surface area (Å²) in [5.41, 5.74) is 1.76. The Morgan fingerprint density at radius 3 is 2.27 bits per heavy atom. The Morgan fingerprint density at radius 2 is 1.68 bits per heavy atom. The van der Waals surface area contributed by atoms with Crippen LogP contribution in [0.5, 0.6) is 11.5 Å². The Balaban J connectivity index is 2.04. The summed E-state index contributed by atoms with van der Waals surface area (Å²) in [4.78, 5) is 10.6. The number of benzene rings is 2. The van der Waals surface area contributed by atoms with Crippen LogP contribution in [0.15, 0.2) is 42.5 Å². The summed E-state index contributed by atoms with van der Waals surface area (Å²) in [6.45, 7) is 0.969. The minimum Gasteiger partial charge on any atom is -0.497 e. The summed E-state index contributed by atoms with van der Waals surface area (Å²) >= 11 is 0.